The Morgan fingerprint density at radius 3 is 2.68 bits per heavy atom. The maximum Gasteiger partial charge on any atom is 0.209 e. The molecule has 0 saturated heterocycles. The average Bonchev–Trinajstić information content (AvgIpc) is 3.50. The second-order valence-corrected chi connectivity index (χ2v) is 11.1. The third kappa shape index (κ3) is 4.67. The number of pyridine rings is 2. The zero-order valence-corrected chi connectivity index (χ0v) is 21.4. The molecule has 0 bridgehead atoms. The van der Waals surface area contributed by atoms with Crippen molar-refractivity contribution in [3.63, 3.8) is 0 Å². The van der Waals surface area contributed by atoms with Crippen molar-refractivity contribution in [2.45, 2.75) is 13.5 Å². The molecule has 4 heterocycles. The number of nitrogens with one attached hydrogen (secondary N) is 3. The van der Waals surface area contributed by atoms with E-state index in [1.807, 2.05) is 43.3 Å². The normalized spacial score (nSPS) is 12.0. The summed E-state index contributed by atoms with van der Waals surface area (Å²) in [4.78, 5) is 12.7. The molecule has 0 aliphatic heterocycles. The van der Waals surface area contributed by atoms with Crippen LogP contribution in [0, 0.1) is 12.7 Å². The molecule has 0 amide bonds. The van der Waals surface area contributed by atoms with Gasteiger partial charge in [0.2, 0.25) is 10.0 Å². The number of halogens is 1. The van der Waals surface area contributed by atoms with Crippen molar-refractivity contribution in [1.82, 2.24) is 29.9 Å². The second kappa shape index (κ2) is 9.16. The Labute approximate surface area is 218 Å². The first-order valence-corrected chi connectivity index (χ1v) is 13.8. The van der Waals surface area contributed by atoms with Crippen molar-refractivity contribution < 1.29 is 12.8 Å². The maximum absolute atomic E-state index is 14.5. The Kier molecular flexibility index (Phi) is 5.77. The molecule has 0 saturated carbocycles. The van der Waals surface area contributed by atoms with Crippen LogP contribution in [0.5, 0.6) is 0 Å². The zero-order chi connectivity index (χ0) is 26.4. The van der Waals surface area contributed by atoms with Crippen LogP contribution in [0.4, 0.5) is 4.39 Å². The summed E-state index contributed by atoms with van der Waals surface area (Å²) in [6.07, 6.45) is 2.71. The highest BCUT2D eigenvalue weighted by Gasteiger charge is 2.17. The van der Waals surface area contributed by atoms with Crippen LogP contribution in [-0.4, -0.2) is 39.8 Å². The van der Waals surface area contributed by atoms with Crippen LogP contribution in [-0.2, 0) is 16.6 Å². The topological polar surface area (TPSA) is 116 Å². The van der Waals surface area contributed by atoms with Crippen molar-refractivity contribution >= 4 is 32.1 Å². The fraction of sp³-hybridized carbons (Fsp3) is 0.107. The first-order valence-electron chi connectivity index (χ1n) is 11.9. The molecule has 0 atom stereocenters. The predicted octanol–water partition coefficient (Wildman–Crippen LogP) is 5.33. The standard InChI is InChI=1S/C28H23FN6O2S/c1-16-4-3-5-18(10-16)23-6-7-24-26(32-23)27(35-34-24)25-14-22-21(8-9-30-28(22)33-25)19-11-17(12-20(29)13-19)15-31-38(2,36)37/h3-14,31H,15H2,1-2H3,(H,30,33)(H,34,35). The smallest absolute Gasteiger partial charge is 0.209 e. The van der Waals surface area contributed by atoms with Crippen LogP contribution >= 0.6 is 0 Å². The van der Waals surface area contributed by atoms with Gasteiger partial charge in [0, 0.05) is 23.7 Å². The number of rotatable bonds is 6. The van der Waals surface area contributed by atoms with Gasteiger partial charge in [-0.25, -0.2) is 27.5 Å². The maximum atomic E-state index is 14.5. The summed E-state index contributed by atoms with van der Waals surface area (Å²) in [5, 5.41) is 8.35. The van der Waals surface area contributed by atoms with Crippen LogP contribution in [0.15, 0.2) is 72.9 Å². The van der Waals surface area contributed by atoms with Gasteiger partial charge in [-0.2, -0.15) is 5.10 Å². The van der Waals surface area contributed by atoms with Crippen LogP contribution < -0.4 is 4.72 Å². The summed E-state index contributed by atoms with van der Waals surface area (Å²) < 4.78 is 40.0. The van der Waals surface area contributed by atoms with Gasteiger partial charge in [0.1, 0.15) is 22.7 Å². The lowest BCUT2D eigenvalue weighted by atomic mass is 10.0. The third-order valence-electron chi connectivity index (χ3n) is 6.32. The summed E-state index contributed by atoms with van der Waals surface area (Å²) in [6, 6.07) is 20.3. The van der Waals surface area contributed by atoms with Gasteiger partial charge in [0.15, 0.2) is 0 Å². The quantitative estimate of drug-likeness (QED) is 0.271. The highest BCUT2D eigenvalue weighted by molar-refractivity contribution is 7.88. The summed E-state index contributed by atoms with van der Waals surface area (Å²) in [5.74, 6) is -0.459. The number of aromatic amines is 2. The lowest BCUT2D eigenvalue weighted by Crippen LogP contribution is -2.21. The van der Waals surface area contributed by atoms with Crippen molar-refractivity contribution in [2.75, 3.05) is 6.26 Å². The first-order chi connectivity index (χ1) is 18.2. The summed E-state index contributed by atoms with van der Waals surface area (Å²) >= 11 is 0. The van der Waals surface area contributed by atoms with E-state index >= 15 is 0 Å². The molecular weight excluding hydrogens is 503 g/mol. The van der Waals surface area contributed by atoms with Crippen molar-refractivity contribution in [3.05, 3.63) is 89.9 Å². The monoisotopic (exact) mass is 526 g/mol. The molecule has 0 unspecified atom stereocenters. The van der Waals surface area contributed by atoms with Gasteiger partial charge < -0.3 is 4.98 Å². The molecular formula is C28H23FN6O2S. The minimum atomic E-state index is -3.41. The molecule has 2 aromatic carbocycles. The Hall–Kier alpha value is -4.41. The molecule has 4 aromatic heterocycles. The summed E-state index contributed by atoms with van der Waals surface area (Å²) in [5.41, 5.74) is 8.39. The van der Waals surface area contributed by atoms with Gasteiger partial charge in [-0.3, -0.25) is 5.10 Å². The van der Waals surface area contributed by atoms with Gasteiger partial charge in [-0.1, -0.05) is 23.8 Å². The number of hydrogen-bond acceptors (Lipinski definition) is 5. The van der Waals surface area contributed by atoms with Crippen molar-refractivity contribution in [3.8, 4) is 33.8 Å². The number of sulfonamides is 1. The number of benzene rings is 2. The number of hydrogen-bond donors (Lipinski definition) is 3. The van der Waals surface area contributed by atoms with E-state index in [1.54, 1.807) is 18.3 Å². The number of aromatic nitrogens is 5. The van der Waals surface area contributed by atoms with Crippen LogP contribution in [0.1, 0.15) is 11.1 Å². The molecule has 3 N–H and O–H groups in total. The molecule has 0 radical (unpaired) electrons. The van der Waals surface area contributed by atoms with Gasteiger partial charge in [-0.15, -0.1) is 0 Å². The fourth-order valence-electron chi connectivity index (χ4n) is 4.58. The Morgan fingerprint density at radius 1 is 1.00 bits per heavy atom. The molecule has 6 aromatic rings. The van der Waals surface area contributed by atoms with E-state index in [9.17, 15) is 12.8 Å². The summed E-state index contributed by atoms with van der Waals surface area (Å²) in [7, 11) is -3.41. The zero-order valence-electron chi connectivity index (χ0n) is 20.6. The molecule has 10 heteroatoms. The molecule has 0 aliphatic carbocycles. The molecule has 0 aliphatic rings. The largest absolute Gasteiger partial charge is 0.338 e. The van der Waals surface area contributed by atoms with Gasteiger partial charge in [0.05, 0.1) is 23.2 Å². The van der Waals surface area contributed by atoms with E-state index in [0.29, 0.717) is 22.5 Å². The highest BCUT2D eigenvalue weighted by atomic mass is 32.2. The Morgan fingerprint density at radius 2 is 1.87 bits per heavy atom. The van der Waals surface area contributed by atoms with Gasteiger partial charge >= 0.3 is 0 Å². The predicted molar refractivity (Wildman–Crippen MR) is 146 cm³/mol. The Bertz CT molecular complexity index is 1940. The lowest BCUT2D eigenvalue weighted by Gasteiger charge is -2.08. The van der Waals surface area contributed by atoms with E-state index in [1.165, 1.54) is 12.1 Å². The molecule has 38 heavy (non-hydrogen) atoms. The molecule has 190 valence electrons. The van der Waals surface area contributed by atoms with Crippen LogP contribution in [0.3, 0.4) is 0 Å². The first kappa shape index (κ1) is 24.0. The third-order valence-corrected chi connectivity index (χ3v) is 6.98. The summed E-state index contributed by atoms with van der Waals surface area (Å²) in [6.45, 7) is 2.04. The van der Waals surface area contributed by atoms with Crippen molar-refractivity contribution in [1.29, 1.82) is 0 Å². The van der Waals surface area contributed by atoms with Gasteiger partial charge in [0.25, 0.3) is 0 Å². The minimum absolute atomic E-state index is 0.00952. The number of aryl methyl sites for hydroxylation is 1. The fourth-order valence-corrected chi connectivity index (χ4v) is 5.01. The van der Waals surface area contributed by atoms with E-state index in [4.69, 9.17) is 4.98 Å². The lowest BCUT2D eigenvalue weighted by molar-refractivity contribution is 0.586. The molecule has 0 fully saturated rings. The minimum Gasteiger partial charge on any atom is -0.338 e. The number of nitrogens with zero attached hydrogens (tertiary/aromatic N) is 3. The van der Waals surface area contributed by atoms with Crippen LogP contribution in [0.2, 0.25) is 0 Å². The van der Waals surface area contributed by atoms with Crippen LogP contribution in [0.25, 0.3) is 55.8 Å². The van der Waals surface area contributed by atoms with E-state index in [0.717, 1.165) is 50.8 Å². The average molecular weight is 527 g/mol. The SMILES string of the molecule is Cc1cccc(-c2ccc3[nH]nc(-c4cc5c(-c6cc(F)cc(CNS(C)(=O)=O)c6)ccnc5[nH]4)c3n2)c1. The second-order valence-electron chi connectivity index (χ2n) is 9.28. The number of fused-ring (bicyclic) bond motifs is 2. The molecule has 0 spiro atoms. The van der Waals surface area contributed by atoms with E-state index in [-0.39, 0.29) is 6.54 Å². The number of H-pyrrole nitrogens is 2. The molecule has 8 nitrogen and oxygen atoms in total. The van der Waals surface area contributed by atoms with E-state index < -0.39 is 15.8 Å². The highest BCUT2D eigenvalue weighted by Crippen LogP contribution is 2.34. The van der Waals surface area contributed by atoms with E-state index in [2.05, 4.69) is 31.0 Å². The molecule has 6 rings (SSSR count). The van der Waals surface area contributed by atoms with Crippen molar-refractivity contribution in [2.24, 2.45) is 0 Å². The van der Waals surface area contributed by atoms with Gasteiger partial charge in [-0.05, 0) is 72.1 Å². The Balaban J connectivity index is 1.43.